The van der Waals surface area contributed by atoms with E-state index in [4.69, 9.17) is 4.84 Å². The van der Waals surface area contributed by atoms with Crippen LogP contribution in [0.25, 0.3) is 0 Å². The Morgan fingerprint density at radius 1 is 1.24 bits per heavy atom. The molecule has 3 heterocycles. The Morgan fingerprint density at radius 3 is 2.84 bits per heavy atom. The molecule has 1 aromatic heterocycles. The van der Waals surface area contributed by atoms with Crippen molar-refractivity contribution in [2.45, 2.75) is 45.3 Å². The number of nitrogens with zero attached hydrogens (tertiary/aromatic N) is 2. The Kier molecular flexibility index (Phi) is 4.12. The Labute approximate surface area is 152 Å². The molecule has 1 spiro atoms. The maximum absolute atomic E-state index is 13.2. The highest BCUT2D eigenvalue weighted by Crippen LogP contribution is 2.38. The molecule has 2 aliphatic heterocycles. The smallest absolute Gasteiger partial charge is 0.270 e. The molecule has 0 N–H and O–H groups in total. The highest BCUT2D eigenvalue weighted by molar-refractivity contribution is 7.12. The van der Waals surface area contributed by atoms with Crippen LogP contribution in [0.3, 0.4) is 0 Å². The van der Waals surface area contributed by atoms with Crippen LogP contribution in [0.1, 0.15) is 40.8 Å². The maximum Gasteiger partial charge on any atom is 0.270 e. The van der Waals surface area contributed by atoms with Gasteiger partial charge in [-0.1, -0.05) is 29.4 Å². The van der Waals surface area contributed by atoms with Gasteiger partial charge in [-0.25, -0.2) is 0 Å². The lowest BCUT2D eigenvalue weighted by molar-refractivity contribution is -0.162. The van der Waals surface area contributed by atoms with Crippen LogP contribution in [-0.2, 0) is 16.2 Å². The van der Waals surface area contributed by atoms with Crippen molar-refractivity contribution in [3.05, 3.63) is 57.3 Å². The summed E-state index contributed by atoms with van der Waals surface area (Å²) in [6.45, 7) is 5.59. The van der Waals surface area contributed by atoms with E-state index in [1.807, 2.05) is 17.0 Å². The first kappa shape index (κ1) is 16.3. The lowest BCUT2D eigenvalue weighted by atomic mass is 9.86. The first-order valence-electron chi connectivity index (χ1n) is 8.72. The molecule has 1 amide bonds. The summed E-state index contributed by atoms with van der Waals surface area (Å²) >= 11 is 1.67. The minimum absolute atomic E-state index is 0.0787. The van der Waals surface area contributed by atoms with Gasteiger partial charge >= 0.3 is 0 Å². The summed E-state index contributed by atoms with van der Waals surface area (Å²) in [4.78, 5) is 22.1. The van der Waals surface area contributed by atoms with Crippen LogP contribution in [0.15, 0.2) is 40.9 Å². The second kappa shape index (κ2) is 6.30. The molecule has 0 radical (unpaired) electrons. The van der Waals surface area contributed by atoms with Gasteiger partial charge < -0.3 is 9.74 Å². The van der Waals surface area contributed by atoms with Crippen LogP contribution in [0, 0.1) is 13.8 Å². The molecule has 1 saturated heterocycles. The Hall–Kier alpha value is -2.14. The Morgan fingerprint density at radius 2 is 2.08 bits per heavy atom. The molecular formula is C20H22N2O2S. The highest BCUT2D eigenvalue weighted by atomic mass is 32.1. The van der Waals surface area contributed by atoms with Crippen LogP contribution in [0.5, 0.6) is 0 Å². The van der Waals surface area contributed by atoms with E-state index in [9.17, 15) is 4.79 Å². The normalized spacial score (nSPS) is 23.0. The topological polar surface area (TPSA) is 41.9 Å². The number of aryl methyl sites for hydroxylation is 2. The van der Waals surface area contributed by atoms with E-state index >= 15 is 0 Å². The third kappa shape index (κ3) is 2.86. The van der Waals surface area contributed by atoms with Crippen LogP contribution in [0.2, 0.25) is 0 Å². The first-order valence-corrected chi connectivity index (χ1v) is 9.60. The number of oxime groups is 1. The molecule has 130 valence electrons. The number of carbonyl (C=O) groups is 1. The van der Waals surface area contributed by atoms with Crippen molar-refractivity contribution in [3.8, 4) is 0 Å². The van der Waals surface area contributed by atoms with E-state index < -0.39 is 5.60 Å². The SMILES string of the molecule is Cc1ccccc1CN1CCC[C@@]2(CC(c3sccc3C)=NO2)C1=O. The second-order valence-corrected chi connectivity index (χ2v) is 7.91. The summed E-state index contributed by atoms with van der Waals surface area (Å²) in [6, 6.07) is 10.3. The third-order valence-electron chi connectivity index (χ3n) is 5.22. The molecule has 1 atom stereocenters. The van der Waals surface area contributed by atoms with E-state index in [-0.39, 0.29) is 5.91 Å². The van der Waals surface area contributed by atoms with Crippen molar-refractivity contribution in [3.63, 3.8) is 0 Å². The number of amides is 1. The quantitative estimate of drug-likeness (QED) is 0.834. The molecule has 0 bridgehead atoms. The van der Waals surface area contributed by atoms with E-state index in [0.29, 0.717) is 13.0 Å². The molecule has 4 nitrogen and oxygen atoms in total. The van der Waals surface area contributed by atoms with Crippen molar-refractivity contribution >= 4 is 23.0 Å². The second-order valence-electron chi connectivity index (χ2n) is 6.99. The van der Waals surface area contributed by atoms with Crippen LogP contribution in [0.4, 0.5) is 0 Å². The number of rotatable bonds is 3. The minimum atomic E-state index is -0.799. The van der Waals surface area contributed by atoms with Crippen molar-refractivity contribution in [1.82, 2.24) is 4.90 Å². The molecule has 2 aliphatic rings. The zero-order valence-corrected chi connectivity index (χ0v) is 15.4. The first-order chi connectivity index (χ1) is 12.1. The standard InChI is InChI=1S/C20H22N2O2S/c1-14-6-3-4-7-16(14)13-22-10-5-9-20(19(22)23)12-17(21-24-20)18-15(2)8-11-25-18/h3-4,6-8,11H,5,9-10,12-13H2,1-2H3/t20-/m1/s1. The van der Waals surface area contributed by atoms with Gasteiger partial charge in [-0.3, -0.25) is 4.79 Å². The fourth-order valence-corrected chi connectivity index (χ4v) is 4.62. The summed E-state index contributed by atoms with van der Waals surface area (Å²) in [6.07, 6.45) is 2.27. The van der Waals surface area contributed by atoms with Gasteiger partial charge in [-0.15, -0.1) is 11.3 Å². The Bertz CT molecular complexity index is 842. The van der Waals surface area contributed by atoms with Crippen LogP contribution < -0.4 is 0 Å². The summed E-state index contributed by atoms with van der Waals surface area (Å²) in [5.41, 5.74) is 3.73. The summed E-state index contributed by atoms with van der Waals surface area (Å²) in [5, 5.41) is 6.37. The van der Waals surface area contributed by atoms with Gasteiger partial charge in [0.2, 0.25) is 5.60 Å². The average Bonchev–Trinajstić information content (AvgIpc) is 3.21. The fraction of sp³-hybridized carbons (Fsp3) is 0.400. The average molecular weight is 354 g/mol. The number of thiophene rings is 1. The van der Waals surface area contributed by atoms with Gasteiger partial charge in [0.1, 0.15) is 5.71 Å². The predicted octanol–water partition coefficient (Wildman–Crippen LogP) is 4.05. The third-order valence-corrected chi connectivity index (χ3v) is 6.28. The molecule has 2 aromatic rings. The van der Waals surface area contributed by atoms with Gasteiger partial charge in [0.15, 0.2) is 0 Å². The molecule has 1 aromatic carbocycles. The minimum Gasteiger partial charge on any atom is -0.378 e. The zero-order valence-electron chi connectivity index (χ0n) is 14.6. The molecule has 25 heavy (non-hydrogen) atoms. The van der Waals surface area contributed by atoms with Crippen molar-refractivity contribution < 1.29 is 9.63 Å². The number of benzene rings is 1. The molecule has 0 saturated carbocycles. The molecule has 1 fully saturated rings. The zero-order chi connectivity index (χ0) is 17.4. The van der Waals surface area contributed by atoms with Crippen molar-refractivity contribution in [2.75, 3.05) is 6.54 Å². The summed E-state index contributed by atoms with van der Waals surface area (Å²) < 4.78 is 0. The lowest BCUT2D eigenvalue weighted by Gasteiger charge is -2.37. The molecule has 0 unspecified atom stereocenters. The molecular weight excluding hydrogens is 332 g/mol. The number of carbonyl (C=O) groups excluding carboxylic acids is 1. The van der Waals surface area contributed by atoms with Gasteiger partial charge in [0, 0.05) is 25.9 Å². The van der Waals surface area contributed by atoms with E-state index in [0.717, 1.165) is 30.0 Å². The summed E-state index contributed by atoms with van der Waals surface area (Å²) in [7, 11) is 0. The Balaban J connectivity index is 1.53. The van der Waals surface area contributed by atoms with Gasteiger partial charge in [-0.2, -0.15) is 0 Å². The van der Waals surface area contributed by atoms with Gasteiger partial charge in [-0.05, 0) is 48.4 Å². The molecule has 0 aliphatic carbocycles. The van der Waals surface area contributed by atoms with Crippen LogP contribution >= 0.6 is 11.3 Å². The molecule has 5 heteroatoms. The number of likely N-dealkylation sites (tertiary alicyclic amines) is 1. The monoisotopic (exact) mass is 354 g/mol. The molecule has 4 rings (SSSR count). The number of hydrogen-bond acceptors (Lipinski definition) is 4. The number of piperidine rings is 1. The maximum atomic E-state index is 13.2. The summed E-state index contributed by atoms with van der Waals surface area (Å²) in [5.74, 6) is 0.0787. The van der Waals surface area contributed by atoms with Gasteiger partial charge in [0.05, 0.1) is 4.88 Å². The van der Waals surface area contributed by atoms with E-state index in [1.165, 1.54) is 16.7 Å². The van der Waals surface area contributed by atoms with Gasteiger partial charge in [0.25, 0.3) is 5.91 Å². The van der Waals surface area contributed by atoms with E-state index in [2.05, 4.69) is 42.6 Å². The fourth-order valence-electron chi connectivity index (χ4n) is 3.71. The number of hydrogen-bond donors (Lipinski definition) is 0. The van der Waals surface area contributed by atoms with Crippen molar-refractivity contribution in [2.24, 2.45) is 5.16 Å². The van der Waals surface area contributed by atoms with E-state index in [1.54, 1.807) is 11.3 Å². The highest BCUT2D eigenvalue weighted by Gasteiger charge is 2.51. The predicted molar refractivity (Wildman–Crippen MR) is 99.9 cm³/mol. The largest absolute Gasteiger partial charge is 0.378 e. The van der Waals surface area contributed by atoms with Crippen molar-refractivity contribution in [1.29, 1.82) is 0 Å². The lowest BCUT2D eigenvalue weighted by Crippen LogP contribution is -2.53. The van der Waals surface area contributed by atoms with Crippen LogP contribution in [-0.4, -0.2) is 28.7 Å².